The molecule has 0 saturated carbocycles. The molecule has 4 rings (SSSR count). The zero-order valence-corrected chi connectivity index (χ0v) is 29.7. The summed E-state index contributed by atoms with van der Waals surface area (Å²) in [7, 11) is 2.94. The molecule has 51 heavy (non-hydrogen) atoms. The van der Waals surface area contributed by atoms with E-state index in [4.69, 9.17) is 30.5 Å². The molecule has 2 amide bonds. The molecule has 0 saturated heterocycles. The second kappa shape index (κ2) is 16.4. The van der Waals surface area contributed by atoms with E-state index in [2.05, 4.69) is 14.8 Å². The third-order valence-electron chi connectivity index (χ3n) is 7.64. The van der Waals surface area contributed by atoms with Crippen LogP contribution in [0.15, 0.2) is 60.7 Å². The van der Waals surface area contributed by atoms with Gasteiger partial charge < -0.3 is 38.6 Å². The summed E-state index contributed by atoms with van der Waals surface area (Å²) in [6, 6.07) is 15.0. The molecule has 0 radical (unpaired) electrons. The molecular formula is C36H39ClF2N2O10. The van der Waals surface area contributed by atoms with E-state index >= 15 is 0 Å². The van der Waals surface area contributed by atoms with Crippen LogP contribution in [0.4, 0.5) is 20.2 Å². The Morgan fingerprint density at radius 3 is 2.31 bits per heavy atom. The second-order valence-electron chi connectivity index (χ2n) is 12.3. The van der Waals surface area contributed by atoms with E-state index in [-0.39, 0.29) is 31.2 Å². The van der Waals surface area contributed by atoms with Gasteiger partial charge in [-0.25, -0.2) is 4.79 Å². The maximum absolute atomic E-state index is 14.4. The first-order valence-electron chi connectivity index (χ1n) is 15.8. The van der Waals surface area contributed by atoms with Crippen LogP contribution in [-0.4, -0.2) is 69.9 Å². The largest absolute Gasteiger partial charge is 0.502 e. The number of carbonyl (C=O) groups is 4. The van der Waals surface area contributed by atoms with Gasteiger partial charge in [0.05, 0.1) is 33.9 Å². The molecule has 15 heteroatoms. The number of methoxy groups -OCH3 is 2. The summed E-state index contributed by atoms with van der Waals surface area (Å²) < 4.78 is 60.0. The number of alkyl halides is 2. The number of nitrogens with zero attached hydrogens (tertiary/aromatic N) is 1. The lowest BCUT2D eigenvalue weighted by atomic mass is 9.92. The van der Waals surface area contributed by atoms with Crippen LogP contribution in [0.25, 0.3) is 0 Å². The molecule has 1 heterocycles. The van der Waals surface area contributed by atoms with E-state index in [1.165, 1.54) is 45.1 Å². The Bertz CT molecular complexity index is 1750. The van der Waals surface area contributed by atoms with Gasteiger partial charge in [0.15, 0.2) is 11.5 Å². The molecule has 274 valence electrons. The van der Waals surface area contributed by atoms with Crippen molar-refractivity contribution >= 4 is 46.7 Å². The number of para-hydroxylation sites is 1. The number of benzene rings is 3. The van der Waals surface area contributed by atoms with Gasteiger partial charge in [0.1, 0.15) is 18.0 Å². The predicted octanol–water partition coefficient (Wildman–Crippen LogP) is 6.33. The number of esters is 2. The van der Waals surface area contributed by atoms with Crippen molar-refractivity contribution in [1.29, 1.82) is 0 Å². The van der Waals surface area contributed by atoms with Crippen LogP contribution in [0.1, 0.15) is 51.3 Å². The summed E-state index contributed by atoms with van der Waals surface area (Å²) >= 11 is 6.49. The summed E-state index contributed by atoms with van der Waals surface area (Å²) in [5.41, 5.74) is 0.895. The van der Waals surface area contributed by atoms with Gasteiger partial charge in [-0.2, -0.15) is 8.78 Å². The first-order chi connectivity index (χ1) is 24.1. The van der Waals surface area contributed by atoms with Crippen LogP contribution in [0.3, 0.4) is 0 Å². The van der Waals surface area contributed by atoms with Gasteiger partial charge in [0.25, 0.3) is 5.91 Å². The normalized spacial score (nSPS) is 16.0. The van der Waals surface area contributed by atoms with E-state index in [0.717, 1.165) is 12.1 Å². The maximum Gasteiger partial charge on any atom is 0.502 e. The Kier molecular flexibility index (Phi) is 12.5. The third kappa shape index (κ3) is 9.64. The number of fused-ring (bicyclic) bond motifs is 1. The van der Waals surface area contributed by atoms with Crippen molar-refractivity contribution in [1.82, 2.24) is 0 Å². The zero-order valence-electron chi connectivity index (χ0n) is 28.9. The first-order valence-corrected chi connectivity index (χ1v) is 16.2. The maximum atomic E-state index is 14.4. The number of amides is 2. The molecule has 0 unspecified atom stereocenters. The molecule has 1 aliphatic heterocycles. The molecule has 1 N–H and O–H groups in total. The highest BCUT2D eigenvalue weighted by Gasteiger charge is 2.44. The Balaban J connectivity index is 1.69. The van der Waals surface area contributed by atoms with Crippen molar-refractivity contribution in [3.05, 3.63) is 76.8 Å². The van der Waals surface area contributed by atoms with Gasteiger partial charge >= 0.3 is 18.0 Å². The van der Waals surface area contributed by atoms with E-state index < -0.39 is 53.9 Å². The Labute approximate surface area is 298 Å². The Morgan fingerprint density at radius 1 is 0.980 bits per heavy atom. The van der Waals surface area contributed by atoms with E-state index in [9.17, 15) is 28.0 Å². The highest BCUT2D eigenvalue weighted by Crippen LogP contribution is 2.45. The average Bonchev–Trinajstić information content (AvgIpc) is 3.18. The van der Waals surface area contributed by atoms with Gasteiger partial charge in [-0.3, -0.25) is 14.4 Å². The van der Waals surface area contributed by atoms with Gasteiger partial charge in [-0.1, -0.05) is 37.6 Å². The molecule has 2 atom stereocenters. The number of ether oxygens (including phenoxy) is 6. The first kappa shape index (κ1) is 38.8. The predicted molar refractivity (Wildman–Crippen MR) is 182 cm³/mol. The number of halogens is 3. The lowest BCUT2D eigenvalue weighted by molar-refractivity contribution is -0.216. The van der Waals surface area contributed by atoms with Crippen LogP contribution in [0.2, 0.25) is 5.02 Å². The van der Waals surface area contributed by atoms with Crippen molar-refractivity contribution in [2.24, 2.45) is 5.41 Å². The SMILES string of the molecule is CCOC(=O)C(F)(F)Oc1ccc(NC(=O)C[C@H]2O[C@H](c3cccc(OC)c3OC)c3cc(Cl)ccc3N(CC(C)(C)COC(C)=O)C2=O)cc1. The van der Waals surface area contributed by atoms with Gasteiger partial charge in [0, 0.05) is 46.4 Å². The van der Waals surface area contributed by atoms with E-state index in [1.54, 1.807) is 36.4 Å². The van der Waals surface area contributed by atoms with Crippen molar-refractivity contribution in [2.45, 2.75) is 52.4 Å². The van der Waals surface area contributed by atoms with E-state index in [0.29, 0.717) is 33.3 Å². The summed E-state index contributed by atoms with van der Waals surface area (Å²) in [6.07, 6.45) is -7.04. The number of carbonyl (C=O) groups excluding carboxylic acids is 4. The van der Waals surface area contributed by atoms with Crippen LogP contribution in [0.5, 0.6) is 17.2 Å². The monoisotopic (exact) mass is 732 g/mol. The lowest BCUT2D eigenvalue weighted by Gasteiger charge is -2.33. The fourth-order valence-corrected chi connectivity index (χ4v) is 5.57. The topological polar surface area (TPSA) is 139 Å². The molecular weight excluding hydrogens is 694 g/mol. The zero-order chi connectivity index (χ0) is 37.5. The fraction of sp³-hybridized carbons (Fsp3) is 0.389. The van der Waals surface area contributed by atoms with Crippen molar-refractivity contribution in [3.63, 3.8) is 0 Å². The number of anilines is 2. The molecule has 0 fully saturated rings. The summed E-state index contributed by atoms with van der Waals surface area (Å²) in [5, 5.41) is 3.00. The standard InChI is InChI=1S/C36H39ClF2N2O10/c1-7-48-34(45)36(38,39)51-24-14-12-23(13-15-24)40-30(43)18-29-33(44)41(19-35(3,4)20-49-21(2)42)27-16-11-22(37)17-26(27)31(50-29)25-9-8-10-28(46-5)32(25)47-6/h8-17,29,31H,7,18-20H2,1-6H3,(H,40,43)/t29-,31-/m1/s1. The molecule has 3 aromatic carbocycles. The minimum Gasteiger partial charge on any atom is -0.493 e. The Morgan fingerprint density at radius 2 is 1.69 bits per heavy atom. The number of hydrogen-bond donors (Lipinski definition) is 1. The molecule has 0 aromatic heterocycles. The summed E-state index contributed by atoms with van der Waals surface area (Å²) in [6.45, 7) is 6.13. The Hall–Kier alpha value is -4.95. The molecule has 0 spiro atoms. The van der Waals surface area contributed by atoms with Crippen LogP contribution >= 0.6 is 11.6 Å². The van der Waals surface area contributed by atoms with Crippen molar-refractivity contribution in [2.75, 3.05) is 44.2 Å². The molecule has 3 aromatic rings. The van der Waals surface area contributed by atoms with Gasteiger partial charge in [0.2, 0.25) is 5.91 Å². The second-order valence-corrected chi connectivity index (χ2v) is 12.7. The van der Waals surface area contributed by atoms with Crippen LogP contribution in [0, 0.1) is 5.41 Å². The summed E-state index contributed by atoms with van der Waals surface area (Å²) in [5.74, 6) is -3.13. The quantitative estimate of drug-likeness (QED) is 0.187. The number of rotatable bonds is 14. The fourth-order valence-electron chi connectivity index (χ4n) is 5.39. The third-order valence-corrected chi connectivity index (χ3v) is 7.88. The lowest BCUT2D eigenvalue weighted by Crippen LogP contribution is -2.46. The van der Waals surface area contributed by atoms with Crippen molar-refractivity contribution < 1.29 is 56.4 Å². The molecule has 0 aliphatic carbocycles. The van der Waals surface area contributed by atoms with E-state index in [1.807, 2.05) is 13.8 Å². The minimum atomic E-state index is -4.22. The van der Waals surface area contributed by atoms with Gasteiger partial charge in [-0.15, -0.1) is 0 Å². The molecule has 12 nitrogen and oxygen atoms in total. The highest BCUT2D eigenvalue weighted by molar-refractivity contribution is 6.30. The average molecular weight is 733 g/mol. The van der Waals surface area contributed by atoms with Gasteiger partial charge in [-0.05, 0) is 55.5 Å². The molecule has 1 aliphatic rings. The summed E-state index contributed by atoms with van der Waals surface area (Å²) in [4.78, 5) is 52.5. The highest BCUT2D eigenvalue weighted by atomic mass is 35.5. The van der Waals surface area contributed by atoms with Crippen molar-refractivity contribution in [3.8, 4) is 17.2 Å². The van der Waals surface area contributed by atoms with Crippen LogP contribution in [-0.2, 0) is 33.4 Å². The van der Waals surface area contributed by atoms with Crippen LogP contribution < -0.4 is 24.4 Å². The number of nitrogens with one attached hydrogen (secondary N) is 1. The molecule has 0 bridgehead atoms. The number of hydrogen-bond acceptors (Lipinski definition) is 10. The minimum absolute atomic E-state index is 0.000384. The smallest absolute Gasteiger partial charge is 0.493 e.